The topological polar surface area (TPSA) is 20.2 Å². The van der Waals surface area contributed by atoms with Crippen LogP contribution in [0.3, 0.4) is 0 Å². The van der Waals surface area contributed by atoms with E-state index >= 15 is 0 Å². The monoisotopic (exact) mass is 244 g/mol. The van der Waals surface area contributed by atoms with Gasteiger partial charge in [0.05, 0.1) is 11.9 Å². The summed E-state index contributed by atoms with van der Waals surface area (Å²) in [5.41, 5.74) is 2.42. The summed E-state index contributed by atoms with van der Waals surface area (Å²) in [5, 5.41) is 9.60. The Morgan fingerprint density at radius 3 is 2.24 bits per heavy atom. The van der Waals surface area contributed by atoms with Crippen LogP contribution in [0.5, 0.6) is 0 Å². The number of hydrogen-bond acceptors (Lipinski definition) is 2. The normalized spacial score (nSPS) is 12.4. The Morgan fingerprint density at radius 2 is 1.65 bits per heavy atom. The number of aryl methyl sites for hydroxylation is 1. The van der Waals surface area contributed by atoms with E-state index in [1.807, 2.05) is 18.2 Å². The van der Waals surface area contributed by atoms with Crippen molar-refractivity contribution in [1.29, 1.82) is 0 Å². The molecule has 0 radical (unpaired) electrons. The standard InChI is InChI=1S/C15H16OS/c1-12-7-9-13(10-8-12)15(11-16)17-14-5-3-2-4-6-14/h2-10,15-16H,11H2,1H3. The molecule has 2 aromatic rings. The van der Waals surface area contributed by atoms with Crippen LogP contribution in [0.1, 0.15) is 16.4 Å². The number of aliphatic hydroxyl groups excluding tert-OH is 1. The van der Waals surface area contributed by atoms with Crippen molar-refractivity contribution in [3.8, 4) is 0 Å². The molecule has 0 heterocycles. The lowest BCUT2D eigenvalue weighted by atomic mass is 10.1. The second-order valence-electron chi connectivity index (χ2n) is 4.01. The first-order chi connectivity index (χ1) is 8.29. The Balaban J connectivity index is 2.14. The molecule has 2 rings (SSSR count). The van der Waals surface area contributed by atoms with Gasteiger partial charge in [-0.15, -0.1) is 11.8 Å². The molecule has 0 aliphatic heterocycles. The molecule has 0 aliphatic carbocycles. The van der Waals surface area contributed by atoms with E-state index in [-0.39, 0.29) is 11.9 Å². The molecule has 1 atom stereocenters. The number of benzene rings is 2. The number of hydrogen-bond donors (Lipinski definition) is 1. The molecule has 1 unspecified atom stereocenters. The first-order valence-corrected chi connectivity index (χ1v) is 6.56. The third kappa shape index (κ3) is 3.35. The fourth-order valence-electron chi connectivity index (χ4n) is 1.66. The summed E-state index contributed by atoms with van der Waals surface area (Å²) in [6.07, 6.45) is 0. The molecule has 0 amide bonds. The third-order valence-electron chi connectivity index (χ3n) is 2.64. The fraction of sp³-hybridized carbons (Fsp3) is 0.200. The van der Waals surface area contributed by atoms with Gasteiger partial charge >= 0.3 is 0 Å². The van der Waals surface area contributed by atoms with Gasteiger partial charge in [0.15, 0.2) is 0 Å². The number of thioether (sulfide) groups is 1. The van der Waals surface area contributed by atoms with Gasteiger partial charge in [0.25, 0.3) is 0 Å². The van der Waals surface area contributed by atoms with Gasteiger partial charge in [0.1, 0.15) is 0 Å². The minimum atomic E-state index is 0.109. The molecule has 0 fully saturated rings. The summed E-state index contributed by atoms with van der Waals surface area (Å²) in [7, 11) is 0. The molecular formula is C15H16OS. The number of aliphatic hydroxyl groups is 1. The van der Waals surface area contributed by atoms with Gasteiger partial charge in [-0.25, -0.2) is 0 Å². The van der Waals surface area contributed by atoms with Gasteiger partial charge in [-0.05, 0) is 24.6 Å². The van der Waals surface area contributed by atoms with Gasteiger partial charge in [-0.1, -0.05) is 48.0 Å². The van der Waals surface area contributed by atoms with Crippen molar-refractivity contribution >= 4 is 11.8 Å². The lowest BCUT2D eigenvalue weighted by molar-refractivity contribution is 0.296. The Labute approximate surface area is 107 Å². The third-order valence-corrected chi connectivity index (χ3v) is 3.89. The van der Waals surface area contributed by atoms with Crippen molar-refractivity contribution < 1.29 is 5.11 Å². The largest absolute Gasteiger partial charge is 0.395 e. The van der Waals surface area contributed by atoms with E-state index in [1.54, 1.807) is 11.8 Å². The summed E-state index contributed by atoms with van der Waals surface area (Å²) >= 11 is 1.70. The minimum Gasteiger partial charge on any atom is -0.395 e. The van der Waals surface area contributed by atoms with E-state index in [9.17, 15) is 5.11 Å². The summed E-state index contributed by atoms with van der Waals surface area (Å²) in [6, 6.07) is 18.5. The summed E-state index contributed by atoms with van der Waals surface area (Å²) in [6.45, 7) is 2.23. The molecule has 0 saturated heterocycles. The zero-order chi connectivity index (χ0) is 12.1. The van der Waals surface area contributed by atoms with Gasteiger partial charge in [0, 0.05) is 4.90 Å². The zero-order valence-electron chi connectivity index (χ0n) is 9.84. The Kier molecular flexibility index (Phi) is 4.24. The van der Waals surface area contributed by atoms with Crippen LogP contribution in [0.2, 0.25) is 0 Å². The van der Waals surface area contributed by atoms with Crippen molar-refractivity contribution in [3.63, 3.8) is 0 Å². The van der Waals surface area contributed by atoms with Crippen molar-refractivity contribution in [2.75, 3.05) is 6.61 Å². The van der Waals surface area contributed by atoms with Crippen LogP contribution in [0.15, 0.2) is 59.5 Å². The quantitative estimate of drug-likeness (QED) is 0.825. The van der Waals surface area contributed by atoms with E-state index < -0.39 is 0 Å². The van der Waals surface area contributed by atoms with Gasteiger partial charge in [0.2, 0.25) is 0 Å². The molecule has 0 spiro atoms. The van der Waals surface area contributed by atoms with Gasteiger partial charge in [-0.3, -0.25) is 0 Å². The average molecular weight is 244 g/mol. The smallest absolute Gasteiger partial charge is 0.0594 e. The van der Waals surface area contributed by atoms with Crippen LogP contribution in [0.25, 0.3) is 0 Å². The first-order valence-electron chi connectivity index (χ1n) is 5.69. The SMILES string of the molecule is Cc1ccc(C(CO)Sc2ccccc2)cc1. The van der Waals surface area contributed by atoms with Crippen molar-refractivity contribution in [2.24, 2.45) is 0 Å². The maximum absolute atomic E-state index is 9.49. The molecule has 1 N–H and O–H groups in total. The minimum absolute atomic E-state index is 0.109. The number of rotatable bonds is 4. The van der Waals surface area contributed by atoms with Crippen LogP contribution in [0.4, 0.5) is 0 Å². The van der Waals surface area contributed by atoms with Crippen molar-refractivity contribution in [2.45, 2.75) is 17.1 Å². The molecule has 2 heteroatoms. The second-order valence-corrected chi connectivity index (χ2v) is 5.29. The van der Waals surface area contributed by atoms with Gasteiger partial charge in [-0.2, -0.15) is 0 Å². The summed E-state index contributed by atoms with van der Waals surface area (Å²) < 4.78 is 0. The first kappa shape index (κ1) is 12.2. The highest BCUT2D eigenvalue weighted by atomic mass is 32.2. The maximum Gasteiger partial charge on any atom is 0.0594 e. The predicted octanol–water partition coefficient (Wildman–Crippen LogP) is 3.82. The van der Waals surface area contributed by atoms with E-state index in [2.05, 4.69) is 43.3 Å². The lowest BCUT2D eigenvalue weighted by Crippen LogP contribution is -1.99. The highest BCUT2D eigenvalue weighted by molar-refractivity contribution is 7.99. The zero-order valence-corrected chi connectivity index (χ0v) is 10.7. The Bertz CT molecular complexity index is 450. The Hall–Kier alpha value is -1.25. The van der Waals surface area contributed by atoms with Crippen LogP contribution in [0, 0.1) is 6.92 Å². The predicted molar refractivity (Wildman–Crippen MR) is 73.3 cm³/mol. The molecule has 0 aliphatic rings. The Morgan fingerprint density at radius 1 is 1.00 bits per heavy atom. The average Bonchev–Trinajstić information content (AvgIpc) is 2.38. The highest BCUT2D eigenvalue weighted by Crippen LogP contribution is 2.34. The second kappa shape index (κ2) is 5.89. The van der Waals surface area contributed by atoms with E-state index in [0.29, 0.717) is 0 Å². The van der Waals surface area contributed by atoms with E-state index in [1.165, 1.54) is 16.0 Å². The molecule has 88 valence electrons. The highest BCUT2D eigenvalue weighted by Gasteiger charge is 2.11. The van der Waals surface area contributed by atoms with Crippen molar-refractivity contribution in [3.05, 3.63) is 65.7 Å². The van der Waals surface area contributed by atoms with Crippen LogP contribution in [-0.4, -0.2) is 11.7 Å². The van der Waals surface area contributed by atoms with Crippen LogP contribution in [-0.2, 0) is 0 Å². The molecule has 0 saturated carbocycles. The van der Waals surface area contributed by atoms with Crippen LogP contribution >= 0.6 is 11.8 Å². The molecule has 0 bridgehead atoms. The molecule has 17 heavy (non-hydrogen) atoms. The molecule has 1 nitrogen and oxygen atoms in total. The summed E-state index contributed by atoms with van der Waals surface area (Å²) in [4.78, 5) is 1.19. The summed E-state index contributed by atoms with van der Waals surface area (Å²) in [5.74, 6) is 0. The van der Waals surface area contributed by atoms with Crippen molar-refractivity contribution in [1.82, 2.24) is 0 Å². The molecular weight excluding hydrogens is 228 g/mol. The van der Waals surface area contributed by atoms with E-state index in [4.69, 9.17) is 0 Å². The van der Waals surface area contributed by atoms with E-state index in [0.717, 1.165) is 0 Å². The van der Waals surface area contributed by atoms with Crippen LogP contribution < -0.4 is 0 Å². The lowest BCUT2D eigenvalue weighted by Gasteiger charge is -2.14. The fourth-order valence-corrected chi connectivity index (χ4v) is 2.67. The molecule has 0 aromatic heterocycles. The molecule has 2 aromatic carbocycles. The maximum atomic E-state index is 9.49. The van der Waals surface area contributed by atoms with Gasteiger partial charge < -0.3 is 5.11 Å².